The molecule has 1 aromatic carbocycles. The summed E-state index contributed by atoms with van der Waals surface area (Å²) in [5.41, 5.74) is 1.23. The van der Waals surface area contributed by atoms with Gasteiger partial charge in [-0.1, -0.05) is 56.8 Å². The van der Waals surface area contributed by atoms with Crippen LogP contribution < -0.4 is 0 Å². The van der Waals surface area contributed by atoms with E-state index in [1.54, 1.807) is 0 Å². The molecule has 0 unspecified atom stereocenters. The van der Waals surface area contributed by atoms with Gasteiger partial charge in [0.05, 0.1) is 5.41 Å². The van der Waals surface area contributed by atoms with E-state index >= 15 is 0 Å². The van der Waals surface area contributed by atoms with Crippen LogP contribution in [0.15, 0.2) is 18.2 Å². The molecule has 0 spiro atoms. The monoisotopic (exact) mass is 280 g/mol. The Balaban J connectivity index is 2.43. The summed E-state index contributed by atoms with van der Waals surface area (Å²) in [5, 5.41) is 10.4. The van der Waals surface area contributed by atoms with E-state index in [9.17, 15) is 9.90 Å². The summed E-state index contributed by atoms with van der Waals surface area (Å²) in [7, 11) is 0. The minimum absolute atomic E-state index is 0.355. The lowest BCUT2D eigenvalue weighted by Gasteiger charge is -2.34. The number of hydrogen-bond acceptors (Lipinski definition) is 1. The molecule has 0 aromatic heterocycles. The van der Waals surface area contributed by atoms with E-state index in [1.165, 1.54) is 0 Å². The average Bonchev–Trinajstić information content (AvgIpc) is 2.38. The maximum atomic E-state index is 11.8. The van der Waals surface area contributed by atoms with E-state index in [2.05, 4.69) is 13.8 Å². The van der Waals surface area contributed by atoms with E-state index in [1.807, 2.05) is 18.2 Å². The largest absolute Gasteiger partial charge is 0.481 e. The summed E-state index contributed by atoms with van der Waals surface area (Å²) in [6.07, 6.45) is 4.54. The third-order valence-corrected chi connectivity index (χ3v) is 4.62. The molecule has 3 heteroatoms. The Bertz CT molecular complexity index is 474. The molecule has 0 radical (unpaired) electrons. The maximum Gasteiger partial charge on any atom is 0.314 e. The number of benzene rings is 1. The molecule has 0 heterocycles. The lowest BCUT2D eigenvalue weighted by Crippen LogP contribution is -2.37. The second-order valence-corrected chi connectivity index (χ2v) is 6.25. The fourth-order valence-corrected chi connectivity index (χ4v) is 3.47. The van der Waals surface area contributed by atoms with Crippen molar-refractivity contribution in [3.63, 3.8) is 0 Å². The highest BCUT2D eigenvalue weighted by atomic mass is 35.5. The van der Waals surface area contributed by atoms with Gasteiger partial charge < -0.3 is 5.11 Å². The van der Waals surface area contributed by atoms with Crippen LogP contribution >= 0.6 is 11.6 Å². The number of rotatable bonds is 3. The lowest BCUT2D eigenvalue weighted by atomic mass is 9.69. The Labute approximate surface area is 119 Å². The second kappa shape index (κ2) is 5.54. The molecule has 1 aliphatic carbocycles. The fraction of sp³-hybridized carbons (Fsp3) is 0.562. The minimum atomic E-state index is -0.725. The molecule has 0 atom stereocenters. The summed E-state index contributed by atoms with van der Waals surface area (Å²) in [5.74, 6) is -0.353. The van der Waals surface area contributed by atoms with Gasteiger partial charge in [-0.3, -0.25) is 4.79 Å². The molecule has 1 aliphatic rings. The molecule has 19 heavy (non-hydrogen) atoms. The normalized spacial score (nSPS) is 18.5. The zero-order valence-corrected chi connectivity index (χ0v) is 12.3. The smallest absolute Gasteiger partial charge is 0.314 e. The molecule has 0 bridgehead atoms. The van der Waals surface area contributed by atoms with E-state index in [-0.39, 0.29) is 0 Å². The molecule has 104 valence electrons. The molecule has 0 aliphatic heterocycles. The first kappa shape index (κ1) is 14.4. The van der Waals surface area contributed by atoms with Gasteiger partial charge in [0.15, 0.2) is 0 Å². The van der Waals surface area contributed by atoms with Gasteiger partial charge in [-0.05, 0) is 36.0 Å². The molecule has 1 N–H and O–H groups in total. The van der Waals surface area contributed by atoms with Gasteiger partial charge in [0.1, 0.15) is 0 Å². The highest BCUT2D eigenvalue weighted by Crippen LogP contribution is 2.41. The van der Waals surface area contributed by atoms with Gasteiger partial charge in [-0.2, -0.15) is 0 Å². The summed E-state index contributed by atoms with van der Waals surface area (Å²) >= 11 is 6.32. The Morgan fingerprint density at radius 1 is 1.26 bits per heavy atom. The fourth-order valence-electron chi connectivity index (χ4n) is 3.07. The third-order valence-electron chi connectivity index (χ3n) is 4.29. The molecule has 1 saturated carbocycles. The van der Waals surface area contributed by atoms with Crippen LogP contribution in [0.4, 0.5) is 0 Å². The van der Waals surface area contributed by atoms with E-state index in [0.717, 1.165) is 43.2 Å². The van der Waals surface area contributed by atoms with Crippen molar-refractivity contribution >= 4 is 17.6 Å². The number of aliphatic carboxylic acids is 1. The van der Waals surface area contributed by atoms with E-state index in [4.69, 9.17) is 11.6 Å². The van der Waals surface area contributed by atoms with Crippen LogP contribution in [-0.2, 0) is 10.2 Å². The van der Waals surface area contributed by atoms with Gasteiger partial charge in [0.2, 0.25) is 0 Å². The van der Waals surface area contributed by atoms with Crippen molar-refractivity contribution in [3.05, 3.63) is 34.3 Å². The SMILES string of the molecule is CC(C)c1ccc(C2(C(=O)O)CCCCC2)cc1Cl. The van der Waals surface area contributed by atoms with Gasteiger partial charge in [0, 0.05) is 5.02 Å². The van der Waals surface area contributed by atoms with Crippen LogP contribution in [0.3, 0.4) is 0 Å². The van der Waals surface area contributed by atoms with Gasteiger partial charge in [0.25, 0.3) is 0 Å². The number of halogens is 1. The van der Waals surface area contributed by atoms with Crippen molar-refractivity contribution < 1.29 is 9.90 Å². The predicted octanol–water partition coefficient (Wildman–Crippen LogP) is 4.75. The van der Waals surface area contributed by atoms with Crippen molar-refractivity contribution in [2.75, 3.05) is 0 Å². The summed E-state index contributed by atoms with van der Waals surface area (Å²) in [6, 6.07) is 5.82. The maximum absolute atomic E-state index is 11.8. The summed E-state index contributed by atoms with van der Waals surface area (Å²) in [4.78, 5) is 11.8. The van der Waals surface area contributed by atoms with Crippen LogP contribution in [0, 0.1) is 0 Å². The van der Waals surface area contributed by atoms with Gasteiger partial charge in [-0.25, -0.2) is 0 Å². The zero-order chi connectivity index (χ0) is 14.0. The number of carbonyl (C=O) groups is 1. The molecule has 0 saturated heterocycles. The summed E-state index contributed by atoms with van der Waals surface area (Å²) < 4.78 is 0. The zero-order valence-electron chi connectivity index (χ0n) is 11.6. The first-order valence-electron chi connectivity index (χ1n) is 7.01. The van der Waals surface area contributed by atoms with Crippen molar-refractivity contribution in [2.45, 2.75) is 57.3 Å². The number of hydrogen-bond donors (Lipinski definition) is 1. The van der Waals surface area contributed by atoms with E-state index < -0.39 is 11.4 Å². The minimum Gasteiger partial charge on any atom is -0.481 e. The topological polar surface area (TPSA) is 37.3 Å². The molecule has 2 nitrogen and oxygen atoms in total. The van der Waals surface area contributed by atoms with Crippen LogP contribution in [0.2, 0.25) is 5.02 Å². The number of carboxylic acid groups (broad SMARTS) is 1. The van der Waals surface area contributed by atoms with Crippen molar-refractivity contribution in [3.8, 4) is 0 Å². The van der Waals surface area contributed by atoms with Crippen molar-refractivity contribution in [2.24, 2.45) is 0 Å². The van der Waals surface area contributed by atoms with Crippen LogP contribution in [-0.4, -0.2) is 11.1 Å². The third kappa shape index (κ3) is 2.64. The molecule has 1 fully saturated rings. The lowest BCUT2D eigenvalue weighted by molar-refractivity contribution is -0.145. The highest BCUT2D eigenvalue weighted by molar-refractivity contribution is 6.31. The van der Waals surface area contributed by atoms with Crippen molar-refractivity contribution in [1.82, 2.24) is 0 Å². The molecular weight excluding hydrogens is 260 g/mol. The Morgan fingerprint density at radius 2 is 1.89 bits per heavy atom. The Morgan fingerprint density at radius 3 is 2.37 bits per heavy atom. The first-order chi connectivity index (χ1) is 8.97. The standard InChI is InChI=1S/C16H21ClO2/c1-11(2)13-7-6-12(10-14(13)17)16(15(18)19)8-4-3-5-9-16/h6-7,10-11H,3-5,8-9H2,1-2H3,(H,18,19). The van der Waals surface area contributed by atoms with Crippen LogP contribution in [0.25, 0.3) is 0 Å². The predicted molar refractivity (Wildman–Crippen MR) is 77.9 cm³/mol. The Kier molecular flexibility index (Phi) is 4.19. The molecule has 0 amide bonds. The highest BCUT2D eigenvalue weighted by Gasteiger charge is 2.41. The van der Waals surface area contributed by atoms with Crippen molar-refractivity contribution in [1.29, 1.82) is 0 Å². The molecule has 2 rings (SSSR count). The average molecular weight is 281 g/mol. The molecular formula is C16H21ClO2. The summed E-state index contributed by atoms with van der Waals surface area (Å²) in [6.45, 7) is 4.18. The quantitative estimate of drug-likeness (QED) is 0.867. The number of carboxylic acids is 1. The Hall–Kier alpha value is -1.02. The van der Waals surface area contributed by atoms with Crippen LogP contribution in [0.5, 0.6) is 0 Å². The van der Waals surface area contributed by atoms with Gasteiger partial charge in [-0.15, -0.1) is 0 Å². The molecule has 1 aromatic rings. The van der Waals surface area contributed by atoms with E-state index in [0.29, 0.717) is 10.9 Å². The van der Waals surface area contributed by atoms with Gasteiger partial charge >= 0.3 is 5.97 Å². The first-order valence-corrected chi connectivity index (χ1v) is 7.38. The van der Waals surface area contributed by atoms with Crippen LogP contribution in [0.1, 0.15) is 63.0 Å². The second-order valence-electron chi connectivity index (χ2n) is 5.84.